The first-order valence-electron chi connectivity index (χ1n) is 5.87. The number of methoxy groups -OCH3 is 1. The van der Waals surface area contributed by atoms with E-state index in [0.29, 0.717) is 16.8 Å². The van der Waals surface area contributed by atoms with E-state index < -0.39 is 6.04 Å². The Balaban J connectivity index is 2.96. The largest absolute Gasteiger partial charge is 0.467 e. The van der Waals surface area contributed by atoms with Crippen molar-refractivity contribution in [2.75, 3.05) is 12.4 Å². The molecule has 0 spiro atoms. The molecule has 1 N–H and O–H groups in total. The highest BCUT2D eigenvalue weighted by Crippen LogP contribution is 2.21. The van der Waals surface area contributed by atoms with Gasteiger partial charge in [0.15, 0.2) is 0 Å². The van der Waals surface area contributed by atoms with Crippen molar-refractivity contribution in [3.05, 3.63) is 16.5 Å². The summed E-state index contributed by atoms with van der Waals surface area (Å²) in [6.45, 7) is 5.56. The van der Waals surface area contributed by atoms with Gasteiger partial charge in [0.1, 0.15) is 22.8 Å². The Labute approximate surface area is 112 Å². The van der Waals surface area contributed by atoms with Crippen LogP contribution in [0.15, 0.2) is 0 Å². The maximum Gasteiger partial charge on any atom is 0.328 e. The Bertz CT molecular complexity index is 438. The SMILES string of the molecule is CCCc1nc(Cl)c(C)c(NC(C)C(=O)OC)n1. The first-order chi connectivity index (χ1) is 8.49. The third-order valence-corrected chi connectivity index (χ3v) is 2.88. The van der Waals surface area contributed by atoms with E-state index in [2.05, 4.69) is 20.0 Å². The van der Waals surface area contributed by atoms with E-state index in [9.17, 15) is 4.79 Å². The van der Waals surface area contributed by atoms with Crippen LogP contribution in [0.2, 0.25) is 5.15 Å². The van der Waals surface area contributed by atoms with Crippen molar-refractivity contribution in [2.45, 2.75) is 39.7 Å². The van der Waals surface area contributed by atoms with Crippen molar-refractivity contribution in [1.29, 1.82) is 0 Å². The molecule has 18 heavy (non-hydrogen) atoms. The molecule has 100 valence electrons. The monoisotopic (exact) mass is 271 g/mol. The summed E-state index contributed by atoms with van der Waals surface area (Å²) in [6, 6.07) is -0.478. The number of ether oxygens (including phenoxy) is 1. The van der Waals surface area contributed by atoms with E-state index in [4.69, 9.17) is 11.6 Å². The molecular formula is C12H18ClN3O2. The lowest BCUT2D eigenvalue weighted by Gasteiger charge is -2.15. The van der Waals surface area contributed by atoms with Crippen molar-refractivity contribution < 1.29 is 9.53 Å². The summed E-state index contributed by atoms with van der Waals surface area (Å²) in [5.41, 5.74) is 0.729. The lowest BCUT2D eigenvalue weighted by molar-refractivity contribution is -0.141. The van der Waals surface area contributed by atoms with Crippen molar-refractivity contribution in [1.82, 2.24) is 9.97 Å². The summed E-state index contributed by atoms with van der Waals surface area (Å²) in [7, 11) is 1.35. The molecule has 0 aliphatic rings. The van der Waals surface area contributed by atoms with Crippen LogP contribution < -0.4 is 5.32 Å². The predicted octanol–water partition coefficient (Wildman–Crippen LogP) is 2.36. The Morgan fingerprint density at radius 2 is 2.17 bits per heavy atom. The first kappa shape index (κ1) is 14.7. The fraction of sp³-hybridized carbons (Fsp3) is 0.583. The van der Waals surface area contributed by atoms with Gasteiger partial charge in [0.2, 0.25) is 0 Å². The number of aryl methyl sites for hydroxylation is 1. The number of carbonyl (C=O) groups excluding carboxylic acids is 1. The minimum Gasteiger partial charge on any atom is -0.467 e. The summed E-state index contributed by atoms with van der Waals surface area (Å²) in [6.07, 6.45) is 1.69. The molecule has 0 radical (unpaired) electrons. The second kappa shape index (κ2) is 6.54. The van der Waals surface area contributed by atoms with Gasteiger partial charge in [-0.3, -0.25) is 0 Å². The van der Waals surface area contributed by atoms with Crippen molar-refractivity contribution in [2.24, 2.45) is 0 Å². The van der Waals surface area contributed by atoms with Gasteiger partial charge in [-0.25, -0.2) is 14.8 Å². The Kier molecular flexibility index (Phi) is 5.34. The van der Waals surface area contributed by atoms with Gasteiger partial charge < -0.3 is 10.1 Å². The van der Waals surface area contributed by atoms with E-state index in [1.54, 1.807) is 6.92 Å². The second-order valence-electron chi connectivity index (χ2n) is 4.04. The molecule has 0 saturated carbocycles. The summed E-state index contributed by atoms with van der Waals surface area (Å²) >= 11 is 6.04. The van der Waals surface area contributed by atoms with E-state index in [1.807, 2.05) is 13.8 Å². The highest BCUT2D eigenvalue weighted by atomic mass is 35.5. The lowest BCUT2D eigenvalue weighted by Crippen LogP contribution is -2.28. The van der Waals surface area contributed by atoms with Crippen LogP contribution in [-0.4, -0.2) is 29.1 Å². The number of rotatable bonds is 5. The molecule has 0 aromatic carbocycles. The van der Waals surface area contributed by atoms with E-state index >= 15 is 0 Å². The van der Waals surface area contributed by atoms with Crippen molar-refractivity contribution in [3.63, 3.8) is 0 Å². The zero-order chi connectivity index (χ0) is 13.7. The average molecular weight is 272 g/mol. The van der Waals surface area contributed by atoms with Crippen LogP contribution in [0.4, 0.5) is 5.82 Å². The highest BCUT2D eigenvalue weighted by Gasteiger charge is 2.16. The van der Waals surface area contributed by atoms with Crippen LogP contribution in [0.5, 0.6) is 0 Å². The molecule has 1 aromatic heterocycles. The zero-order valence-corrected chi connectivity index (χ0v) is 11.8. The van der Waals surface area contributed by atoms with Gasteiger partial charge in [-0.15, -0.1) is 0 Å². The van der Waals surface area contributed by atoms with E-state index in [0.717, 1.165) is 18.4 Å². The Morgan fingerprint density at radius 1 is 1.50 bits per heavy atom. The van der Waals surface area contributed by atoms with Gasteiger partial charge in [-0.2, -0.15) is 0 Å². The molecule has 0 aliphatic heterocycles. The molecular weight excluding hydrogens is 254 g/mol. The molecule has 1 atom stereocenters. The number of esters is 1. The van der Waals surface area contributed by atoms with Gasteiger partial charge in [0.05, 0.1) is 7.11 Å². The van der Waals surface area contributed by atoms with Crippen LogP contribution in [0, 0.1) is 6.92 Å². The van der Waals surface area contributed by atoms with Crippen molar-refractivity contribution >= 4 is 23.4 Å². The molecule has 0 fully saturated rings. The topological polar surface area (TPSA) is 64.1 Å². The summed E-state index contributed by atoms with van der Waals surface area (Å²) < 4.78 is 4.65. The van der Waals surface area contributed by atoms with Crippen LogP contribution in [0.1, 0.15) is 31.7 Å². The minimum absolute atomic E-state index is 0.346. The molecule has 1 aromatic rings. The molecule has 0 aliphatic carbocycles. The molecule has 1 unspecified atom stereocenters. The normalized spacial score (nSPS) is 12.1. The van der Waals surface area contributed by atoms with Gasteiger partial charge in [-0.1, -0.05) is 18.5 Å². The Hall–Kier alpha value is -1.36. The average Bonchev–Trinajstić information content (AvgIpc) is 2.34. The predicted molar refractivity (Wildman–Crippen MR) is 70.9 cm³/mol. The zero-order valence-electron chi connectivity index (χ0n) is 11.1. The molecule has 0 saturated heterocycles. The third kappa shape index (κ3) is 3.57. The number of halogens is 1. The molecule has 5 nitrogen and oxygen atoms in total. The maximum absolute atomic E-state index is 11.4. The smallest absolute Gasteiger partial charge is 0.328 e. The Morgan fingerprint density at radius 3 is 2.72 bits per heavy atom. The second-order valence-corrected chi connectivity index (χ2v) is 4.40. The quantitative estimate of drug-likeness (QED) is 0.658. The van der Waals surface area contributed by atoms with Gasteiger partial charge in [0.25, 0.3) is 0 Å². The summed E-state index contributed by atoms with van der Waals surface area (Å²) in [4.78, 5) is 19.9. The minimum atomic E-state index is -0.478. The number of hydrogen-bond acceptors (Lipinski definition) is 5. The molecule has 0 bridgehead atoms. The maximum atomic E-state index is 11.4. The number of hydrogen-bond donors (Lipinski definition) is 1. The van der Waals surface area contributed by atoms with Gasteiger partial charge in [-0.05, 0) is 20.3 Å². The molecule has 1 rings (SSSR count). The number of aromatic nitrogens is 2. The standard InChI is InChI=1S/C12H18ClN3O2/c1-5-6-9-15-10(13)7(2)11(16-9)14-8(3)12(17)18-4/h8H,5-6H2,1-4H3,(H,14,15,16). The van der Waals surface area contributed by atoms with Crippen LogP contribution in [-0.2, 0) is 16.0 Å². The fourth-order valence-corrected chi connectivity index (χ4v) is 1.64. The molecule has 0 amide bonds. The first-order valence-corrected chi connectivity index (χ1v) is 6.24. The number of nitrogens with one attached hydrogen (secondary N) is 1. The number of anilines is 1. The van der Waals surface area contributed by atoms with Crippen LogP contribution >= 0.6 is 11.6 Å². The van der Waals surface area contributed by atoms with Crippen molar-refractivity contribution in [3.8, 4) is 0 Å². The van der Waals surface area contributed by atoms with Crippen LogP contribution in [0.25, 0.3) is 0 Å². The van der Waals surface area contributed by atoms with Gasteiger partial charge in [0, 0.05) is 12.0 Å². The molecule has 6 heteroatoms. The third-order valence-electron chi connectivity index (χ3n) is 2.51. The van der Waals surface area contributed by atoms with E-state index in [-0.39, 0.29) is 5.97 Å². The lowest BCUT2D eigenvalue weighted by atomic mass is 10.2. The van der Waals surface area contributed by atoms with E-state index in [1.165, 1.54) is 7.11 Å². The highest BCUT2D eigenvalue weighted by molar-refractivity contribution is 6.30. The number of carbonyl (C=O) groups is 1. The fourth-order valence-electron chi connectivity index (χ4n) is 1.45. The number of nitrogens with zero attached hydrogens (tertiary/aromatic N) is 2. The molecule has 1 heterocycles. The summed E-state index contributed by atoms with van der Waals surface area (Å²) in [5.74, 6) is 0.908. The summed E-state index contributed by atoms with van der Waals surface area (Å²) in [5, 5.41) is 3.40. The van der Waals surface area contributed by atoms with Gasteiger partial charge >= 0.3 is 5.97 Å². The van der Waals surface area contributed by atoms with Crippen LogP contribution in [0.3, 0.4) is 0 Å².